The number of aromatic nitrogens is 1. The van der Waals surface area contributed by atoms with E-state index in [1.165, 1.54) is 24.8 Å². The number of hydrogen-bond acceptors (Lipinski definition) is 3. The van der Waals surface area contributed by atoms with E-state index < -0.39 is 0 Å². The molecule has 1 fully saturated rings. The van der Waals surface area contributed by atoms with Crippen LogP contribution in [0.3, 0.4) is 0 Å². The Morgan fingerprint density at radius 1 is 1.38 bits per heavy atom. The lowest BCUT2D eigenvalue weighted by atomic mass is 9.81. The Balaban J connectivity index is 1.86. The van der Waals surface area contributed by atoms with Crippen LogP contribution in [-0.4, -0.2) is 34.3 Å². The highest BCUT2D eigenvalue weighted by Crippen LogP contribution is 2.38. The van der Waals surface area contributed by atoms with Gasteiger partial charge in [-0.15, -0.1) is 0 Å². The molecule has 0 N–H and O–H groups in total. The van der Waals surface area contributed by atoms with Gasteiger partial charge >= 0.3 is 0 Å². The number of aryl methyl sites for hydroxylation is 1. The number of likely N-dealkylation sites (tertiary alicyclic amines) is 1. The van der Waals surface area contributed by atoms with E-state index in [0.29, 0.717) is 5.78 Å². The van der Waals surface area contributed by atoms with Crippen molar-refractivity contribution in [3.05, 3.63) is 29.6 Å². The molecular formula is C18H26N2O. The number of carbonyl (C=O) groups excluding carboxylic acids is 1. The molecule has 21 heavy (non-hydrogen) atoms. The number of pyridine rings is 1. The second-order valence-corrected chi connectivity index (χ2v) is 6.68. The van der Waals surface area contributed by atoms with Crippen molar-refractivity contribution >= 4 is 5.78 Å². The summed E-state index contributed by atoms with van der Waals surface area (Å²) in [5, 5.41) is 0. The molecule has 114 valence electrons. The first-order valence-corrected chi connectivity index (χ1v) is 8.40. The molecule has 0 amide bonds. The van der Waals surface area contributed by atoms with Crippen LogP contribution < -0.4 is 0 Å². The number of hydrogen-bond donors (Lipinski definition) is 0. The summed E-state index contributed by atoms with van der Waals surface area (Å²) >= 11 is 0. The van der Waals surface area contributed by atoms with Crippen LogP contribution in [0, 0.1) is 0 Å². The zero-order chi connectivity index (χ0) is 14.9. The predicted molar refractivity (Wildman–Crippen MR) is 84.4 cm³/mol. The molecule has 3 nitrogen and oxygen atoms in total. The van der Waals surface area contributed by atoms with Crippen LogP contribution in [0.5, 0.6) is 0 Å². The second kappa shape index (κ2) is 5.88. The predicted octanol–water partition coefficient (Wildman–Crippen LogP) is 3.34. The number of ketones is 1. The van der Waals surface area contributed by atoms with Gasteiger partial charge in [-0.25, -0.2) is 0 Å². The molecule has 3 rings (SSSR count). The summed E-state index contributed by atoms with van der Waals surface area (Å²) < 4.78 is 0. The minimum Gasteiger partial charge on any atom is -0.297 e. The van der Waals surface area contributed by atoms with Gasteiger partial charge in [0.25, 0.3) is 0 Å². The number of piperidine rings is 1. The number of rotatable bonds is 4. The first kappa shape index (κ1) is 14.7. The Hall–Kier alpha value is -1.22. The third-order valence-corrected chi connectivity index (χ3v) is 5.55. The van der Waals surface area contributed by atoms with Crippen LogP contribution in [0.2, 0.25) is 0 Å². The van der Waals surface area contributed by atoms with E-state index in [1.807, 2.05) is 12.3 Å². The smallest absolute Gasteiger partial charge is 0.161 e. The highest BCUT2D eigenvalue weighted by atomic mass is 16.1. The number of fused-ring (bicyclic) bond motifs is 1. The average molecular weight is 286 g/mol. The van der Waals surface area contributed by atoms with E-state index in [4.69, 9.17) is 0 Å². The van der Waals surface area contributed by atoms with Gasteiger partial charge in [-0.05, 0) is 63.7 Å². The maximum absolute atomic E-state index is 13.3. The molecular weight excluding hydrogens is 260 g/mol. The van der Waals surface area contributed by atoms with Crippen LogP contribution in [0.25, 0.3) is 0 Å². The van der Waals surface area contributed by atoms with Crippen LogP contribution in [0.4, 0.5) is 0 Å². The summed E-state index contributed by atoms with van der Waals surface area (Å²) in [5.41, 5.74) is 2.00. The van der Waals surface area contributed by atoms with E-state index in [1.54, 1.807) is 0 Å². The van der Waals surface area contributed by atoms with Crippen molar-refractivity contribution in [3.63, 3.8) is 0 Å². The fourth-order valence-corrected chi connectivity index (χ4v) is 3.98. The molecule has 1 aromatic heterocycles. The molecule has 0 spiro atoms. The Labute approximate surface area is 127 Å². The second-order valence-electron chi connectivity index (χ2n) is 6.68. The number of Topliss-reactive ketones (excluding diaryl/α,β-unsaturated/α-hetero) is 1. The van der Waals surface area contributed by atoms with Gasteiger partial charge in [0, 0.05) is 6.20 Å². The summed E-state index contributed by atoms with van der Waals surface area (Å²) in [6.07, 6.45) is 8.41. The molecule has 2 unspecified atom stereocenters. The lowest BCUT2D eigenvalue weighted by molar-refractivity contribution is -0.133. The average Bonchev–Trinajstić information content (AvgIpc) is 2.98. The van der Waals surface area contributed by atoms with E-state index in [9.17, 15) is 4.79 Å². The maximum atomic E-state index is 13.3. The Kier molecular flexibility index (Phi) is 4.12. The number of nitrogens with zero attached hydrogens (tertiary/aromatic N) is 2. The third kappa shape index (κ3) is 2.52. The van der Waals surface area contributed by atoms with Crippen molar-refractivity contribution in [2.24, 2.45) is 0 Å². The van der Waals surface area contributed by atoms with Gasteiger partial charge < -0.3 is 0 Å². The molecule has 0 saturated carbocycles. The summed E-state index contributed by atoms with van der Waals surface area (Å²) in [4.78, 5) is 20.2. The largest absolute Gasteiger partial charge is 0.297 e. The lowest BCUT2D eigenvalue weighted by Gasteiger charge is -2.43. The van der Waals surface area contributed by atoms with E-state index in [-0.39, 0.29) is 11.5 Å². The van der Waals surface area contributed by atoms with Gasteiger partial charge in [-0.1, -0.05) is 19.4 Å². The van der Waals surface area contributed by atoms with Crippen LogP contribution in [0.1, 0.15) is 63.1 Å². The molecule has 1 aromatic rings. The highest BCUT2D eigenvalue weighted by molar-refractivity contribution is 5.94. The van der Waals surface area contributed by atoms with Gasteiger partial charge in [-0.3, -0.25) is 14.7 Å². The van der Waals surface area contributed by atoms with Crippen molar-refractivity contribution in [1.29, 1.82) is 0 Å². The number of carbonyl (C=O) groups is 1. The van der Waals surface area contributed by atoms with Crippen molar-refractivity contribution in [2.75, 3.05) is 13.1 Å². The van der Waals surface area contributed by atoms with Crippen molar-refractivity contribution in [1.82, 2.24) is 9.88 Å². The van der Waals surface area contributed by atoms with Gasteiger partial charge in [-0.2, -0.15) is 0 Å². The van der Waals surface area contributed by atoms with Crippen molar-refractivity contribution in [3.8, 4) is 0 Å². The fourth-order valence-electron chi connectivity index (χ4n) is 3.98. The molecule has 1 saturated heterocycles. The first-order valence-electron chi connectivity index (χ1n) is 8.40. The van der Waals surface area contributed by atoms with E-state index in [0.717, 1.165) is 38.0 Å². The highest BCUT2D eigenvalue weighted by Gasteiger charge is 2.44. The standard InChI is InChI=1S/C18H26N2O/c1-3-18(2,20-12-5-4-6-13-20)17(21)15-10-9-14-8-7-11-19-16(14)15/h7-8,11,15H,3-6,9-10,12-13H2,1-2H3. The molecule has 0 bridgehead atoms. The molecule has 2 heterocycles. The monoisotopic (exact) mass is 286 g/mol. The summed E-state index contributed by atoms with van der Waals surface area (Å²) in [6.45, 7) is 6.44. The minimum absolute atomic E-state index is 0.00748. The van der Waals surface area contributed by atoms with Gasteiger partial charge in [0.05, 0.1) is 17.2 Å². The zero-order valence-corrected chi connectivity index (χ0v) is 13.3. The minimum atomic E-state index is -0.315. The first-order chi connectivity index (χ1) is 10.2. The maximum Gasteiger partial charge on any atom is 0.161 e. The Morgan fingerprint density at radius 2 is 2.14 bits per heavy atom. The fraction of sp³-hybridized carbons (Fsp3) is 0.667. The van der Waals surface area contributed by atoms with Gasteiger partial charge in [0.2, 0.25) is 0 Å². The SMILES string of the molecule is CCC(C)(C(=O)C1CCc2cccnc21)N1CCCCC1. The van der Waals surface area contributed by atoms with E-state index >= 15 is 0 Å². The molecule has 0 radical (unpaired) electrons. The normalized spacial score (nSPS) is 25.3. The van der Waals surface area contributed by atoms with Crippen molar-refractivity contribution < 1.29 is 4.79 Å². The Bertz CT molecular complexity index is 522. The van der Waals surface area contributed by atoms with Crippen LogP contribution >= 0.6 is 0 Å². The van der Waals surface area contributed by atoms with Gasteiger partial charge in [0.15, 0.2) is 5.78 Å². The molecule has 3 heteroatoms. The summed E-state index contributed by atoms with van der Waals surface area (Å²) in [7, 11) is 0. The van der Waals surface area contributed by atoms with Crippen LogP contribution in [-0.2, 0) is 11.2 Å². The molecule has 1 aliphatic heterocycles. The summed E-state index contributed by atoms with van der Waals surface area (Å²) in [6, 6.07) is 4.11. The topological polar surface area (TPSA) is 33.2 Å². The quantitative estimate of drug-likeness (QED) is 0.851. The molecule has 0 aromatic carbocycles. The lowest BCUT2D eigenvalue weighted by Crippen LogP contribution is -2.55. The molecule has 1 aliphatic carbocycles. The van der Waals surface area contributed by atoms with Gasteiger partial charge in [0.1, 0.15) is 0 Å². The third-order valence-electron chi connectivity index (χ3n) is 5.55. The summed E-state index contributed by atoms with van der Waals surface area (Å²) in [5.74, 6) is 0.400. The Morgan fingerprint density at radius 3 is 2.86 bits per heavy atom. The van der Waals surface area contributed by atoms with Crippen molar-refractivity contribution in [2.45, 2.75) is 63.8 Å². The molecule has 2 atom stereocenters. The molecule has 2 aliphatic rings. The zero-order valence-electron chi connectivity index (χ0n) is 13.3. The van der Waals surface area contributed by atoms with Crippen LogP contribution in [0.15, 0.2) is 18.3 Å². The van der Waals surface area contributed by atoms with E-state index in [2.05, 4.69) is 29.8 Å².